The molecule has 0 saturated heterocycles. The second kappa shape index (κ2) is 5.68. The lowest BCUT2D eigenvalue weighted by Crippen LogP contribution is -2.31. The van der Waals surface area contributed by atoms with Crippen molar-refractivity contribution in [1.29, 1.82) is 0 Å². The summed E-state index contributed by atoms with van der Waals surface area (Å²) in [5.74, 6) is 0.187. The van der Waals surface area contributed by atoms with Crippen LogP contribution in [0, 0.1) is 0 Å². The number of aromatic nitrogens is 3. The molecule has 8 nitrogen and oxygen atoms in total. The Bertz CT molecular complexity index is 737. The Morgan fingerprint density at radius 3 is 3.00 bits per heavy atom. The van der Waals surface area contributed by atoms with Gasteiger partial charge in [-0.25, -0.2) is 4.79 Å². The summed E-state index contributed by atoms with van der Waals surface area (Å²) in [4.78, 5) is 28.5. The van der Waals surface area contributed by atoms with Gasteiger partial charge in [0.05, 0.1) is 18.8 Å². The zero-order valence-corrected chi connectivity index (χ0v) is 11.6. The van der Waals surface area contributed by atoms with Crippen LogP contribution < -0.4 is 11.1 Å². The number of rotatable bonds is 3. The third-order valence-electron chi connectivity index (χ3n) is 3.31. The third-order valence-corrected chi connectivity index (χ3v) is 3.31. The van der Waals surface area contributed by atoms with Crippen LogP contribution in [0.2, 0.25) is 0 Å². The summed E-state index contributed by atoms with van der Waals surface area (Å²) in [6, 6.07) is 3.12. The van der Waals surface area contributed by atoms with E-state index in [1.807, 2.05) is 6.07 Å². The van der Waals surface area contributed by atoms with Crippen molar-refractivity contribution in [2.45, 2.75) is 13.1 Å². The number of nitrogens with zero attached hydrogens (tertiary/aromatic N) is 3. The molecule has 8 heteroatoms. The number of fused-ring (bicyclic) bond motifs is 1. The lowest BCUT2D eigenvalue weighted by atomic mass is 10.2. The molecule has 3 rings (SSSR count). The zero-order chi connectivity index (χ0) is 15.5. The van der Waals surface area contributed by atoms with Crippen LogP contribution in [0.15, 0.2) is 30.6 Å². The monoisotopic (exact) mass is 298 g/mol. The van der Waals surface area contributed by atoms with E-state index in [0.717, 1.165) is 11.1 Å². The van der Waals surface area contributed by atoms with Gasteiger partial charge >= 0.3 is 6.03 Å². The summed E-state index contributed by atoms with van der Waals surface area (Å²) in [6.45, 7) is 0.686. The number of nitrogens with two attached hydrogens (primary N) is 1. The molecular weight excluding hydrogens is 284 g/mol. The highest BCUT2D eigenvalue weighted by molar-refractivity contribution is 6.01. The topological polar surface area (TPSA) is 117 Å². The Balaban J connectivity index is 1.67. The maximum atomic E-state index is 11.9. The van der Waals surface area contributed by atoms with Crippen LogP contribution in [-0.2, 0) is 17.9 Å². The van der Waals surface area contributed by atoms with E-state index in [1.54, 1.807) is 24.5 Å². The van der Waals surface area contributed by atoms with E-state index in [0.29, 0.717) is 24.6 Å². The highest BCUT2D eigenvalue weighted by Crippen LogP contribution is 2.26. The quantitative estimate of drug-likeness (QED) is 0.728. The van der Waals surface area contributed by atoms with Gasteiger partial charge in [-0.2, -0.15) is 5.10 Å². The standard InChI is InChI=1S/C14H14N6O2/c15-14(22)20-7-10-11(8-20)18-19-13(10)17-12(21)4-3-9-2-1-5-16-6-9/h1-6H,7-8H2,(H2,15,22)(H2,17,18,19,21)/b4-3-. The smallest absolute Gasteiger partial charge is 0.315 e. The Hall–Kier alpha value is -3.16. The summed E-state index contributed by atoms with van der Waals surface area (Å²) < 4.78 is 0. The SMILES string of the molecule is NC(=O)N1Cc2n[nH]c(NC(=O)/C=C\c3cccnc3)c2C1. The maximum Gasteiger partial charge on any atom is 0.315 e. The third kappa shape index (κ3) is 2.80. The number of urea groups is 1. The van der Waals surface area contributed by atoms with Gasteiger partial charge in [0.2, 0.25) is 5.91 Å². The first-order chi connectivity index (χ1) is 10.6. The molecule has 22 heavy (non-hydrogen) atoms. The van der Waals surface area contributed by atoms with Crippen molar-refractivity contribution in [3.8, 4) is 0 Å². The van der Waals surface area contributed by atoms with Crippen molar-refractivity contribution >= 4 is 23.8 Å². The van der Waals surface area contributed by atoms with Crippen LogP contribution in [0.3, 0.4) is 0 Å². The minimum Gasteiger partial charge on any atom is -0.351 e. The molecule has 3 heterocycles. The number of anilines is 1. The average Bonchev–Trinajstić information content (AvgIpc) is 3.08. The molecule has 3 amide bonds. The van der Waals surface area contributed by atoms with E-state index in [-0.39, 0.29) is 5.91 Å². The van der Waals surface area contributed by atoms with Gasteiger partial charge in [0.25, 0.3) is 0 Å². The fourth-order valence-corrected chi connectivity index (χ4v) is 2.20. The molecule has 0 aliphatic carbocycles. The summed E-state index contributed by atoms with van der Waals surface area (Å²) in [5.41, 5.74) is 7.56. The molecular formula is C14H14N6O2. The molecule has 0 radical (unpaired) electrons. The minimum absolute atomic E-state index is 0.298. The molecule has 2 aromatic rings. The van der Waals surface area contributed by atoms with Gasteiger partial charge in [0, 0.05) is 24.0 Å². The fraction of sp³-hybridized carbons (Fsp3) is 0.143. The summed E-state index contributed by atoms with van der Waals surface area (Å²) in [7, 11) is 0. The average molecular weight is 298 g/mol. The molecule has 0 atom stereocenters. The second-order valence-corrected chi connectivity index (χ2v) is 4.83. The van der Waals surface area contributed by atoms with Crippen molar-refractivity contribution in [3.63, 3.8) is 0 Å². The Morgan fingerprint density at radius 1 is 1.41 bits per heavy atom. The molecule has 112 valence electrons. The first kappa shape index (κ1) is 13.8. The van der Waals surface area contributed by atoms with Gasteiger partial charge in [-0.05, 0) is 17.7 Å². The molecule has 0 saturated carbocycles. The number of amides is 3. The predicted octanol–water partition coefficient (Wildman–Crippen LogP) is 0.851. The van der Waals surface area contributed by atoms with Crippen LogP contribution in [0.5, 0.6) is 0 Å². The van der Waals surface area contributed by atoms with E-state index in [1.165, 1.54) is 11.0 Å². The normalized spacial score (nSPS) is 13.4. The molecule has 0 bridgehead atoms. The van der Waals surface area contributed by atoms with Crippen LogP contribution in [-0.4, -0.2) is 32.0 Å². The summed E-state index contributed by atoms with van der Waals surface area (Å²) in [5, 5.41) is 9.54. The van der Waals surface area contributed by atoms with Crippen molar-refractivity contribution in [2.75, 3.05) is 5.32 Å². The zero-order valence-electron chi connectivity index (χ0n) is 11.6. The lowest BCUT2D eigenvalue weighted by molar-refractivity contribution is -0.111. The molecule has 1 aliphatic rings. The van der Waals surface area contributed by atoms with Crippen molar-refractivity contribution in [1.82, 2.24) is 20.1 Å². The van der Waals surface area contributed by atoms with E-state index >= 15 is 0 Å². The van der Waals surface area contributed by atoms with Crippen molar-refractivity contribution in [2.24, 2.45) is 5.73 Å². The van der Waals surface area contributed by atoms with Crippen molar-refractivity contribution in [3.05, 3.63) is 47.4 Å². The molecule has 0 unspecified atom stereocenters. The number of hydrogen-bond acceptors (Lipinski definition) is 4. The first-order valence-electron chi connectivity index (χ1n) is 6.63. The van der Waals surface area contributed by atoms with E-state index in [9.17, 15) is 9.59 Å². The van der Waals surface area contributed by atoms with Gasteiger partial charge < -0.3 is 16.0 Å². The van der Waals surface area contributed by atoms with Gasteiger partial charge in [0.15, 0.2) is 0 Å². The largest absolute Gasteiger partial charge is 0.351 e. The number of carbonyl (C=O) groups excluding carboxylic acids is 2. The number of primary amides is 1. The van der Waals surface area contributed by atoms with Crippen LogP contribution in [0.1, 0.15) is 16.8 Å². The molecule has 1 aliphatic heterocycles. The van der Waals surface area contributed by atoms with Crippen LogP contribution in [0.4, 0.5) is 10.6 Å². The molecule has 4 N–H and O–H groups in total. The van der Waals surface area contributed by atoms with E-state index < -0.39 is 6.03 Å². The Labute approximate surface area is 126 Å². The number of nitrogens with one attached hydrogen (secondary N) is 2. The first-order valence-corrected chi connectivity index (χ1v) is 6.63. The number of carbonyl (C=O) groups is 2. The number of pyridine rings is 1. The van der Waals surface area contributed by atoms with Gasteiger partial charge in [-0.1, -0.05) is 6.07 Å². The Morgan fingerprint density at radius 2 is 2.27 bits per heavy atom. The van der Waals surface area contributed by atoms with E-state index in [2.05, 4.69) is 20.5 Å². The summed E-state index contributed by atoms with van der Waals surface area (Å²) >= 11 is 0. The van der Waals surface area contributed by atoms with Crippen molar-refractivity contribution < 1.29 is 9.59 Å². The maximum absolute atomic E-state index is 11.9. The van der Waals surface area contributed by atoms with Gasteiger partial charge in [-0.3, -0.25) is 14.9 Å². The highest BCUT2D eigenvalue weighted by Gasteiger charge is 2.27. The molecule has 0 fully saturated rings. The van der Waals surface area contributed by atoms with Gasteiger partial charge in [0.1, 0.15) is 5.82 Å². The van der Waals surface area contributed by atoms with E-state index in [4.69, 9.17) is 5.73 Å². The molecule has 0 aromatic carbocycles. The molecule has 0 spiro atoms. The Kier molecular flexibility index (Phi) is 3.57. The number of hydrogen-bond donors (Lipinski definition) is 3. The fourth-order valence-electron chi connectivity index (χ4n) is 2.20. The second-order valence-electron chi connectivity index (χ2n) is 4.83. The molecule has 2 aromatic heterocycles. The predicted molar refractivity (Wildman–Crippen MR) is 79.3 cm³/mol. The summed E-state index contributed by atoms with van der Waals surface area (Å²) in [6.07, 6.45) is 6.39. The highest BCUT2D eigenvalue weighted by atomic mass is 16.2. The van der Waals surface area contributed by atoms with Crippen LogP contribution >= 0.6 is 0 Å². The number of H-pyrrole nitrogens is 1. The number of aromatic amines is 1. The van der Waals surface area contributed by atoms with Crippen LogP contribution in [0.25, 0.3) is 6.08 Å². The lowest BCUT2D eigenvalue weighted by Gasteiger charge is -2.11. The van der Waals surface area contributed by atoms with Gasteiger partial charge in [-0.15, -0.1) is 0 Å². The minimum atomic E-state index is -0.508.